The summed E-state index contributed by atoms with van der Waals surface area (Å²) in [5.41, 5.74) is 1.00. The second-order valence-electron chi connectivity index (χ2n) is 2.47. The minimum Gasteiger partial charge on any atom is -0.472 e. The second kappa shape index (κ2) is 4.69. The van der Waals surface area contributed by atoms with Gasteiger partial charge in [0.05, 0.1) is 0 Å². The van der Waals surface area contributed by atoms with Gasteiger partial charge in [-0.1, -0.05) is 0 Å². The molecule has 0 saturated carbocycles. The largest absolute Gasteiger partial charge is 0.472 e. The van der Waals surface area contributed by atoms with Crippen LogP contribution >= 0.6 is 22.6 Å². The third-order valence-corrected chi connectivity index (χ3v) is 2.53. The van der Waals surface area contributed by atoms with Crippen molar-refractivity contribution in [1.82, 2.24) is 4.98 Å². The molecule has 1 rings (SSSR count). The molecule has 0 aliphatic rings. The minimum atomic E-state index is -2.46. The molecule has 0 aromatic carbocycles. The summed E-state index contributed by atoms with van der Waals surface area (Å²) in [6.45, 7) is 1.29. The molecule has 72 valence electrons. The fraction of sp³-hybridized carbons (Fsp3) is 0.375. The van der Waals surface area contributed by atoms with Crippen LogP contribution in [0.1, 0.15) is 5.56 Å². The highest BCUT2D eigenvalue weighted by atomic mass is 127. The molecule has 0 unspecified atom stereocenters. The van der Waals surface area contributed by atoms with E-state index in [9.17, 15) is 8.78 Å². The number of aromatic nitrogens is 1. The first-order valence-corrected chi connectivity index (χ1v) is 4.70. The molecule has 0 spiro atoms. The highest BCUT2D eigenvalue weighted by Gasteiger charge is 2.05. The molecule has 0 N–H and O–H groups in total. The quantitative estimate of drug-likeness (QED) is 0.801. The first kappa shape index (κ1) is 10.6. The summed E-state index contributed by atoms with van der Waals surface area (Å²) in [6.07, 6.45) is -0.858. The van der Waals surface area contributed by atoms with E-state index in [0.29, 0.717) is 0 Å². The van der Waals surface area contributed by atoms with E-state index in [0.717, 1.165) is 9.13 Å². The molecule has 1 aromatic rings. The molecule has 5 heteroatoms. The standard InChI is InChI=1S/C8H8F2INO/c1-5-3-12-8(2-6(5)11)13-4-7(9)10/h2-3,7H,4H2,1H3. The molecule has 1 heterocycles. The van der Waals surface area contributed by atoms with Crippen LogP contribution < -0.4 is 4.74 Å². The zero-order chi connectivity index (χ0) is 9.84. The molecule has 2 nitrogen and oxygen atoms in total. The van der Waals surface area contributed by atoms with Gasteiger partial charge in [-0.05, 0) is 35.1 Å². The number of ether oxygens (including phenoxy) is 1. The molecule has 0 bridgehead atoms. The summed E-state index contributed by atoms with van der Waals surface area (Å²) >= 11 is 2.10. The van der Waals surface area contributed by atoms with Crippen molar-refractivity contribution in [3.8, 4) is 5.88 Å². The lowest BCUT2D eigenvalue weighted by atomic mass is 10.3. The Morgan fingerprint density at radius 3 is 2.85 bits per heavy atom. The lowest BCUT2D eigenvalue weighted by Crippen LogP contribution is -2.08. The van der Waals surface area contributed by atoms with Gasteiger partial charge in [0.2, 0.25) is 5.88 Å². The van der Waals surface area contributed by atoms with Crippen LogP contribution in [0.4, 0.5) is 8.78 Å². The van der Waals surface area contributed by atoms with Crippen molar-refractivity contribution >= 4 is 22.6 Å². The van der Waals surface area contributed by atoms with E-state index in [1.165, 1.54) is 0 Å². The van der Waals surface area contributed by atoms with Gasteiger partial charge < -0.3 is 4.74 Å². The Hall–Kier alpha value is -0.460. The maximum absolute atomic E-state index is 11.7. The van der Waals surface area contributed by atoms with Crippen molar-refractivity contribution in [2.24, 2.45) is 0 Å². The molecular formula is C8H8F2INO. The maximum Gasteiger partial charge on any atom is 0.272 e. The Morgan fingerprint density at radius 2 is 2.31 bits per heavy atom. The number of hydrogen-bond acceptors (Lipinski definition) is 2. The van der Waals surface area contributed by atoms with Crippen LogP contribution in [-0.4, -0.2) is 18.0 Å². The predicted molar refractivity (Wildman–Crippen MR) is 53.2 cm³/mol. The van der Waals surface area contributed by atoms with Gasteiger partial charge in [-0.15, -0.1) is 0 Å². The summed E-state index contributed by atoms with van der Waals surface area (Å²) in [4.78, 5) is 3.85. The molecule has 0 atom stereocenters. The molecule has 13 heavy (non-hydrogen) atoms. The molecule has 0 aliphatic heterocycles. The van der Waals surface area contributed by atoms with E-state index in [1.54, 1.807) is 12.3 Å². The Labute approximate surface area is 88.5 Å². The van der Waals surface area contributed by atoms with Crippen LogP contribution in [0.15, 0.2) is 12.3 Å². The SMILES string of the molecule is Cc1cnc(OCC(F)F)cc1I. The number of halogens is 3. The van der Waals surface area contributed by atoms with Crippen molar-refractivity contribution in [1.29, 1.82) is 0 Å². The van der Waals surface area contributed by atoms with Gasteiger partial charge in [0, 0.05) is 15.8 Å². The Kier molecular flexibility index (Phi) is 3.83. The van der Waals surface area contributed by atoms with Crippen LogP contribution in [0.3, 0.4) is 0 Å². The minimum absolute atomic E-state index is 0.246. The third-order valence-electron chi connectivity index (χ3n) is 1.37. The zero-order valence-corrected chi connectivity index (χ0v) is 9.09. The van der Waals surface area contributed by atoms with Crippen LogP contribution in [0.5, 0.6) is 5.88 Å². The molecule has 0 amide bonds. The highest BCUT2D eigenvalue weighted by Crippen LogP contribution is 2.16. The van der Waals surface area contributed by atoms with E-state index in [2.05, 4.69) is 27.6 Å². The van der Waals surface area contributed by atoms with Crippen LogP contribution in [-0.2, 0) is 0 Å². The normalized spacial score (nSPS) is 10.5. The van der Waals surface area contributed by atoms with E-state index in [1.807, 2.05) is 6.92 Å². The number of aryl methyl sites for hydroxylation is 1. The topological polar surface area (TPSA) is 22.1 Å². The van der Waals surface area contributed by atoms with Crippen LogP contribution in [0, 0.1) is 10.5 Å². The monoisotopic (exact) mass is 299 g/mol. The van der Waals surface area contributed by atoms with Gasteiger partial charge in [0.15, 0.2) is 6.61 Å². The summed E-state index contributed by atoms with van der Waals surface area (Å²) in [5.74, 6) is 0.246. The molecule has 0 fully saturated rings. The van der Waals surface area contributed by atoms with Crippen molar-refractivity contribution in [3.63, 3.8) is 0 Å². The van der Waals surface area contributed by atoms with Crippen LogP contribution in [0.25, 0.3) is 0 Å². The Balaban J connectivity index is 2.63. The molecular weight excluding hydrogens is 291 g/mol. The van der Waals surface area contributed by atoms with Gasteiger partial charge in [0.1, 0.15) is 0 Å². The predicted octanol–water partition coefficient (Wildman–Crippen LogP) is 2.64. The van der Waals surface area contributed by atoms with Crippen molar-refractivity contribution < 1.29 is 13.5 Å². The molecule has 1 aromatic heterocycles. The smallest absolute Gasteiger partial charge is 0.272 e. The van der Waals surface area contributed by atoms with Gasteiger partial charge >= 0.3 is 0 Å². The molecule has 0 aliphatic carbocycles. The fourth-order valence-electron chi connectivity index (χ4n) is 0.709. The van der Waals surface area contributed by atoms with E-state index in [-0.39, 0.29) is 5.88 Å². The summed E-state index contributed by atoms with van der Waals surface area (Å²) in [7, 11) is 0. The summed E-state index contributed by atoms with van der Waals surface area (Å²) in [6, 6.07) is 1.64. The fourth-order valence-corrected chi connectivity index (χ4v) is 1.11. The van der Waals surface area contributed by atoms with Crippen molar-refractivity contribution in [3.05, 3.63) is 21.4 Å². The summed E-state index contributed by atoms with van der Waals surface area (Å²) < 4.78 is 29.2. The van der Waals surface area contributed by atoms with Crippen molar-refractivity contribution in [2.45, 2.75) is 13.3 Å². The van der Waals surface area contributed by atoms with E-state index < -0.39 is 13.0 Å². The third kappa shape index (κ3) is 3.41. The van der Waals surface area contributed by atoms with Crippen molar-refractivity contribution in [2.75, 3.05) is 6.61 Å². The summed E-state index contributed by atoms with van der Waals surface area (Å²) in [5, 5.41) is 0. The number of rotatable bonds is 3. The van der Waals surface area contributed by atoms with Gasteiger partial charge in [0.25, 0.3) is 6.43 Å². The second-order valence-corrected chi connectivity index (χ2v) is 3.64. The number of alkyl halides is 2. The highest BCUT2D eigenvalue weighted by molar-refractivity contribution is 14.1. The lowest BCUT2D eigenvalue weighted by Gasteiger charge is -2.05. The number of hydrogen-bond donors (Lipinski definition) is 0. The number of pyridine rings is 1. The van der Waals surface area contributed by atoms with Crippen LogP contribution in [0.2, 0.25) is 0 Å². The average Bonchev–Trinajstić information content (AvgIpc) is 2.07. The zero-order valence-electron chi connectivity index (χ0n) is 6.93. The number of nitrogens with zero attached hydrogens (tertiary/aromatic N) is 1. The first-order valence-electron chi connectivity index (χ1n) is 3.62. The molecule has 0 radical (unpaired) electrons. The Morgan fingerprint density at radius 1 is 1.62 bits per heavy atom. The first-order chi connectivity index (χ1) is 6.09. The van der Waals surface area contributed by atoms with E-state index in [4.69, 9.17) is 4.74 Å². The molecule has 0 saturated heterocycles. The van der Waals surface area contributed by atoms with Gasteiger partial charge in [-0.3, -0.25) is 0 Å². The van der Waals surface area contributed by atoms with Gasteiger partial charge in [-0.2, -0.15) is 0 Å². The maximum atomic E-state index is 11.7. The Bertz CT molecular complexity index is 293. The van der Waals surface area contributed by atoms with Gasteiger partial charge in [-0.25, -0.2) is 13.8 Å². The lowest BCUT2D eigenvalue weighted by molar-refractivity contribution is 0.0795. The van der Waals surface area contributed by atoms with E-state index >= 15 is 0 Å². The average molecular weight is 299 g/mol.